The van der Waals surface area contributed by atoms with Crippen molar-refractivity contribution in [3.05, 3.63) is 16.1 Å². The minimum absolute atomic E-state index is 0.682. The summed E-state index contributed by atoms with van der Waals surface area (Å²) < 4.78 is 4.97. The van der Waals surface area contributed by atoms with Crippen molar-refractivity contribution in [2.45, 2.75) is 19.3 Å². The zero-order chi connectivity index (χ0) is 9.52. The van der Waals surface area contributed by atoms with Crippen LogP contribution >= 0.6 is 11.3 Å². The molecule has 0 atom stereocenters. The Kier molecular flexibility index (Phi) is 4.97. The lowest BCUT2D eigenvalue weighted by Crippen LogP contribution is -2.03. The molecule has 1 rings (SSSR count). The number of aromatic nitrogens is 1. The van der Waals surface area contributed by atoms with Crippen molar-refractivity contribution < 1.29 is 4.74 Å². The van der Waals surface area contributed by atoms with Crippen LogP contribution in [0.15, 0.2) is 5.38 Å². The van der Waals surface area contributed by atoms with Gasteiger partial charge in [-0.1, -0.05) is 0 Å². The Hall–Kier alpha value is -0.450. The van der Waals surface area contributed by atoms with Crippen molar-refractivity contribution >= 4 is 11.3 Å². The molecule has 13 heavy (non-hydrogen) atoms. The van der Waals surface area contributed by atoms with Crippen LogP contribution in [0.25, 0.3) is 0 Å². The highest BCUT2D eigenvalue weighted by Gasteiger charge is 2.00. The van der Waals surface area contributed by atoms with E-state index in [4.69, 9.17) is 10.5 Å². The SMILES string of the molecule is COCCCc1nc(CCN)cs1. The maximum atomic E-state index is 5.44. The van der Waals surface area contributed by atoms with Gasteiger partial charge in [0.15, 0.2) is 0 Å². The van der Waals surface area contributed by atoms with E-state index in [0.717, 1.165) is 31.6 Å². The number of methoxy groups -OCH3 is 1. The standard InChI is InChI=1S/C9H16N2OS/c1-12-6-2-3-9-11-8(4-5-10)7-13-9/h7H,2-6,10H2,1H3. The normalized spacial score (nSPS) is 10.6. The third kappa shape index (κ3) is 3.85. The molecular weight excluding hydrogens is 184 g/mol. The molecule has 0 aliphatic heterocycles. The third-order valence-corrected chi connectivity index (χ3v) is 2.70. The van der Waals surface area contributed by atoms with Crippen molar-refractivity contribution in [1.82, 2.24) is 4.98 Å². The van der Waals surface area contributed by atoms with E-state index in [1.807, 2.05) is 0 Å². The monoisotopic (exact) mass is 200 g/mol. The Bertz CT molecular complexity index is 237. The van der Waals surface area contributed by atoms with Gasteiger partial charge in [0.1, 0.15) is 0 Å². The predicted molar refractivity (Wildman–Crippen MR) is 55.1 cm³/mol. The zero-order valence-electron chi connectivity index (χ0n) is 7.95. The summed E-state index contributed by atoms with van der Waals surface area (Å²) in [6.45, 7) is 1.49. The molecule has 1 aromatic rings. The molecule has 3 nitrogen and oxygen atoms in total. The Labute approximate surface area is 82.9 Å². The summed E-state index contributed by atoms with van der Waals surface area (Å²) in [6.07, 6.45) is 2.95. The van der Waals surface area contributed by atoms with Crippen LogP contribution in [0.4, 0.5) is 0 Å². The van der Waals surface area contributed by atoms with Crippen molar-refractivity contribution in [1.29, 1.82) is 0 Å². The Morgan fingerprint density at radius 1 is 1.54 bits per heavy atom. The second kappa shape index (κ2) is 6.07. The van der Waals surface area contributed by atoms with Gasteiger partial charge in [0.2, 0.25) is 0 Å². The van der Waals surface area contributed by atoms with Gasteiger partial charge in [-0.15, -0.1) is 11.3 Å². The minimum atomic E-state index is 0.682. The second-order valence-electron chi connectivity index (χ2n) is 2.87. The van der Waals surface area contributed by atoms with Gasteiger partial charge in [0, 0.05) is 31.9 Å². The van der Waals surface area contributed by atoms with E-state index < -0.39 is 0 Å². The van der Waals surface area contributed by atoms with E-state index in [2.05, 4.69) is 10.4 Å². The van der Waals surface area contributed by atoms with Crippen LogP contribution in [0.2, 0.25) is 0 Å². The smallest absolute Gasteiger partial charge is 0.0929 e. The molecule has 0 aliphatic carbocycles. The highest BCUT2D eigenvalue weighted by Crippen LogP contribution is 2.11. The molecule has 4 heteroatoms. The Morgan fingerprint density at radius 2 is 2.38 bits per heavy atom. The van der Waals surface area contributed by atoms with E-state index >= 15 is 0 Å². The third-order valence-electron chi connectivity index (χ3n) is 1.74. The fraction of sp³-hybridized carbons (Fsp3) is 0.667. The molecule has 1 heterocycles. The number of rotatable bonds is 6. The average molecular weight is 200 g/mol. The van der Waals surface area contributed by atoms with Gasteiger partial charge < -0.3 is 10.5 Å². The number of thiazole rings is 1. The fourth-order valence-corrected chi connectivity index (χ4v) is 1.97. The van der Waals surface area contributed by atoms with E-state index in [-0.39, 0.29) is 0 Å². The molecule has 0 saturated heterocycles. The highest BCUT2D eigenvalue weighted by molar-refractivity contribution is 7.09. The number of ether oxygens (including phenoxy) is 1. The molecule has 74 valence electrons. The first kappa shape index (κ1) is 10.6. The van der Waals surface area contributed by atoms with Crippen LogP contribution in [0, 0.1) is 0 Å². The number of hydrogen-bond acceptors (Lipinski definition) is 4. The number of aryl methyl sites for hydroxylation is 1. The summed E-state index contributed by atoms with van der Waals surface area (Å²) in [4.78, 5) is 4.45. The van der Waals surface area contributed by atoms with Crippen LogP contribution < -0.4 is 5.73 Å². The van der Waals surface area contributed by atoms with Crippen molar-refractivity contribution in [2.24, 2.45) is 5.73 Å². The largest absolute Gasteiger partial charge is 0.385 e. The first-order chi connectivity index (χ1) is 6.36. The number of nitrogens with zero attached hydrogens (tertiary/aromatic N) is 1. The van der Waals surface area contributed by atoms with Gasteiger partial charge in [-0.25, -0.2) is 4.98 Å². The van der Waals surface area contributed by atoms with E-state index in [0.29, 0.717) is 6.54 Å². The molecule has 2 N–H and O–H groups in total. The van der Waals surface area contributed by atoms with Crippen LogP contribution in [0.5, 0.6) is 0 Å². The summed E-state index contributed by atoms with van der Waals surface area (Å²) in [5, 5.41) is 3.29. The quantitative estimate of drug-likeness (QED) is 0.702. The molecule has 0 saturated carbocycles. The minimum Gasteiger partial charge on any atom is -0.385 e. The highest BCUT2D eigenvalue weighted by atomic mass is 32.1. The average Bonchev–Trinajstić information content (AvgIpc) is 2.54. The number of hydrogen-bond donors (Lipinski definition) is 1. The molecule has 0 aromatic carbocycles. The predicted octanol–water partition coefficient (Wildman–Crippen LogP) is 1.22. The number of nitrogens with two attached hydrogens (primary N) is 1. The van der Waals surface area contributed by atoms with Gasteiger partial charge >= 0.3 is 0 Å². The van der Waals surface area contributed by atoms with Gasteiger partial charge in [0.05, 0.1) is 10.7 Å². The van der Waals surface area contributed by atoms with E-state index in [1.165, 1.54) is 5.01 Å². The van der Waals surface area contributed by atoms with Crippen molar-refractivity contribution in [3.8, 4) is 0 Å². The van der Waals surface area contributed by atoms with Crippen molar-refractivity contribution in [3.63, 3.8) is 0 Å². The van der Waals surface area contributed by atoms with Crippen LogP contribution in [0.1, 0.15) is 17.1 Å². The summed E-state index contributed by atoms with van der Waals surface area (Å²) in [5.41, 5.74) is 6.56. The summed E-state index contributed by atoms with van der Waals surface area (Å²) in [7, 11) is 1.72. The van der Waals surface area contributed by atoms with Gasteiger partial charge in [-0.05, 0) is 13.0 Å². The molecule has 0 aliphatic rings. The first-order valence-electron chi connectivity index (χ1n) is 4.49. The molecular formula is C9H16N2OS. The van der Waals surface area contributed by atoms with Crippen molar-refractivity contribution in [2.75, 3.05) is 20.3 Å². The maximum Gasteiger partial charge on any atom is 0.0929 e. The molecule has 0 bridgehead atoms. The Morgan fingerprint density at radius 3 is 3.08 bits per heavy atom. The lowest BCUT2D eigenvalue weighted by Gasteiger charge is -1.95. The Balaban J connectivity index is 2.31. The van der Waals surface area contributed by atoms with E-state index in [1.54, 1.807) is 18.4 Å². The first-order valence-corrected chi connectivity index (χ1v) is 5.37. The molecule has 0 radical (unpaired) electrons. The summed E-state index contributed by atoms with van der Waals surface area (Å²) in [5.74, 6) is 0. The lowest BCUT2D eigenvalue weighted by molar-refractivity contribution is 0.195. The molecule has 1 aromatic heterocycles. The van der Waals surface area contributed by atoms with Crippen LogP contribution in [-0.4, -0.2) is 25.2 Å². The van der Waals surface area contributed by atoms with Gasteiger partial charge in [-0.2, -0.15) is 0 Å². The topological polar surface area (TPSA) is 48.1 Å². The summed E-state index contributed by atoms with van der Waals surface area (Å²) in [6, 6.07) is 0. The van der Waals surface area contributed by atoms with E-state index in [9.17, 15) is 0 Å². The summed E-state index contributed by atoms with van der Waals surface area (Å²) >= 11 is 1.72. The molecule has 0 spiro atoms. The molecule has 0 unspecified atom stereocenters. The zero-order valence-corrected chi connectivity index (χ0v) is 8.77. The molecule has 0 amide bonds. The van der Waals surface area contributed by atoms with Crippen LogP contribution in [-0.2, 0) is 17.6 Å². The van der Waals surface area contributed by atoms with Gasteiger partial charge in [0.25, 0.3) is 0 Å². The fourth-order valence-electron chi connectivity index (χ4n) is 1.09. The van der Waals surface area contributed by atoms with Gasteiger partial charge in [-0.3, -0.25) is 0 Å². The maximum absolute atomic E-state index is 5.44. The second-order valence-corrected chi connectivity index (χ2v) is 3.81. The van der Waals surface area contributed by atoms with Crippen LogP contribution in [0.3, 0.4) is 0 Å². The lowest BCUT2D eigenvalue weighted by atomic mass is 10.3. The molecule has 0 fully saturated rings.